The number of benzene rings is 1. The Morgan fingerprint density at radius 1 is 1.46 bits per heavy atom. The van der Waals surface area contributed by atoms with Gasteiger partial charge in [-0.25, -0.2) is 4.39 Å². The molecule has 1 N–H and O–H groups in total. The number of fused-ring (bicyclic) bond motifs is 1. The molecule has 0 unspecified atom stereocenters. The molecular weight excluding hydrogens is 193 g/mol. The lowest BCUT2D eigenvalue weighted by molar-refractivity contribution is 0.0945. The van der Waals surface area contributed by atoms with Gasteiger partial charge in [-0.2, -0.15) is 0 Å². The van der Waals surface area contributed by atoms with E-state index in [-0.39, 0.29) is 17.3 Å². The molecular formula is C9H7ClFNO. The topological polar surface area (TPSA) is 29.1 Å². The number of halogens is 2. The van der Waals surface area contributed by atoms with Crippen molar-refractivity contribution in [2.75, 3.05) is 6.54 Å². The van der Waals surface area contributed by atoms with Crippen molar-refractivity contribution < 1.29 is 9.18 Å². The van der Waals surface area contributed by atoms with Gasteiger partial charge < -0.3 is 5.32 Å². The Bertz CT molecular complexity index is 378. The summed E-state index contributed by atoms with van der Waals surface area (Å²) in [6.07, 6.45) is 0.507. The van der Waals surface area contributed by atoms with Crippen LogP contribution in [0.25, 0.3) is 0 Å². The van der Waals surface area contributed by atoms with Crippen LogP contribution in [0.2, 0.25) is 5.02 Å². The zero-order chi connectivity index (χ0) is 9.42. The van der Waals surface area contributed by atoms with Gasteiger partial charge in [0, 0.05) is 12.1 Å². The molecule has 1 heterocycles. The van der Waals surface area contributed by atoms with Crippen LogP contribution in [0.4, 0.5) is 4.39 Å². The Hall–Kier alpha value is -1.09. The number of nitrogens with one attached hydrogen (secondary N) is 1. The van der Waals surface area contributed by atoms with Crippen LogP contribution in [0.5, 0.6) is 0 Å². The third-order valence-electron chi connectivity index (χ3n) is 2.09. The molecule has 2 rings (SSSR count). The number of hydrogen-bond donors (Lipinski definition) is 1. The Morgan fingerprint density at radius 3 is 2.92 bits per heavy atom. The third-order valence-corrected chi connectivity index (χ3v) is 2.41. The van der Waals surface area contributed by atoms with Crippen molar-refractivity contribution in [3.8, 4) is 0 Å². The van der Waals surface area contributed by atoms with E-state index in [2.05, 4.69) is 5.32 Å². The normalized spacial score (nSPS) is 15.1. The van der Waals surface area contributed by atoms with Gasteiger partial charge in [0.15, 0.2) is 0 Å². The van der Waals surface area contributed by atoms with Gasteiger partial charge >= 0.3 is 0 Å². The van der Waals surface area contributed by atoms with Gasteiger partial charge in [0.25, 0.3) is 5.91 Å². The summed E-state index contributed by atoms with van der Waals surface area (Å²) in [7, 11) is 0. The van der Waals surface area contributed by atoms with Gasteiger partial charge in [-0.15, -0.1) is 0 Å². The Labute approximate surface area is 79.7 Å². The maximum atomic E-state index is 13.2. The van der Waals surface area contributed by atoms with E-state index in [0.29, 0.717) is 23.6 Å². The second-order valence-corrected chi connectivity index (χ2v) is 3.30. The molecule has 0 fully saturated rings. The van der Waals surface area contributed by atoms with Crippen LogP contribution in [0, 0.1) is 5.82 Å². The average Bonchev–Trinajstić information content (AvgIpc) is 2.12. The van der Waals surface area contributed by atoms with Crippen LogP contribution >= 0.6 is 11.6 Å². The molecule has 68 valence electrons. The Balaban J connectivity index is 2.67. The molecule has 1 amide bonds. The molecule has 1 aromatic rings. The second-order valence-electron chi connectivity index (χ2n) is 2.89. The van der Waals surface area contributed by atoms with E-state index in [9.17, 15) is 9.18 Å². The van der Waals surface area contributed by atoms with E-state index >= 15 is 0 Å². The molecule has 1 aliphatic rings. The van der Waals surface area contributed by atoms with E-state index in [1.807, 2.05) is 0 Å². The van der Waals surface area contributed by atoms with E-state index in [0.717, 1.165) is 0 Å². The fraction of sp³-hybridized carbons (Fsp3) is 0.222. The van der Waals surface area contributed by atoms with Crippen LogP contribution in [0.15, 0.2) is 12.1 Å². The van der Waals surface area contributed by atoms with Gasteiger partial charge in [-0.1, -0.05) is 11.6 Å². The minimum atomic E-state index is -0.353. The van der Waals surface area contributed by atoms with Crippen molar-refractivity contribution in [2.45, 2.75) is 6.42 Å². The van der Waals surface area contributed by atoms with Gasteiger partial charge in [-0.3, -0.25) is 4.79 Å². The molecule has 0 aromatic heterocycles. The maximum absolute atomic E-state index is 13.2. The lowest BCUT2D eigenvalue weighted by atomic mass is 10.00. The second kappa shape index (κ2) is 3.00. The summed E-state index contributed by atoms with van der Waals surface area (Å²) >= 11 is 5.78. The van der Waals surface area contributed by atoms with Gasteiger partial charge in [0.1, 0.15) is 5.82 Å². The monoisotopic (exact) mass is 199 g/mol. The van der Waals surface area contributed by atoms with E-state index in [1.54, 1.807) is 0 Å². The first-order chi connectivity index (χ1) is 6.20. The summed E-state index contributed by atoms with van der Waals surface area (Å²) in [5.41, 5.74) is 0.712. The van der Waals surface area contributed by atoms with E-state index in [4.69, 9.17) is 11.6 Å². The highest BCUT2D eigenvalue weighted by molar-refractivity contribution is 6.34. The minimum Gasteiger partial charge on any atom is -0.352 e. The summed E-state index contributed by atoms with van der Waals surface area (Å²) in [5.74, 6) is -0.639. The van der Waals surface area contributed by atoms with Crippen LogP contribution in [0.3, 0.4) is 0 Å². The van der Waals surface area contributed by atoms with Gasteiger partial charge in [-0.05, 0) is 18.6 Å². The van der Waals surface area contributed by atoms with E-state index < -0.39 is 0 Å². The van der Waals surface area contributed by atoms with Crippen molar-refractivity contribution in [3.63, 3.8) is 0 Å². The van der Waals surface area contributed by atoms with Crippen molar-refractivity contribution in [1.82, 2.24) is 5.32 Å². The fourth-order valence-electron chi connectivity index (χ4n) is 1.47. The quantitative estimate of drug-likeness (QED) is 0.678. The summed E-state index contributed by atoms with van der Waals surface area (Å²) in [6.45, 7) is 0.475. The standard InChI is InChI=1S/C9H7ClFNO/c10-6-1-2-7(11)5-3-4-12-9(13)8(5)6/h1-2H,3-4H2,(H,12,13). The molecule has 1 aromatic carbocycles. The number of amides is 1. The highest BCUT2D eigenvalue weighted by atomic mass is 35.5. The van der Waals surface area contributed by atoms with Crippen LogP contribution in [-0.4, -0.2) is 12.5 Å². The van der Waals surface area contributed by atoms with Crippen LogP contribution < -0.4 is 5.32 Å². The number of rotatable bonds is 0. The summed E-state index contributed by atoms with van der Waals surface area (Å²) in [4.78, 5) is 11.3. The zero-order valence-corrected chi connectivity index (χ0v) is 7.49. The highest BCUT2D eigenvalue weighted by Gasteiger charge is 2.22. The van der Waals surface area contributed by atoms with E-state index in [1.165, 1.54) is 12.1 Å². The zero-order valence-electron chi connectivity index (χ0n) is 6.73. The average molecular weight is 200 g/mol. The molecule has 0 saturated carbocycles. The molecule has 0 atom stereocenters. The first-order valence-electron chi connectivity index (χ1n) is 3.95. The van der Waals surface area contributed by atoms with Gasteiger partial charge in [0.05, 0.1) is 10.6 Å². The molecule has 0 saturated heterocycles. The maximum Gasteiger partial charge on any atom is 0.253 e. The third kappa shape index (κ3) is 1.29. The molecule has 0 radical (unpaired) electrons. The first-order valence-corrected chi connectivity index (χ1v) is 4.33. The van der Waals surface area contributed by atoms with Crippen molar-refractivity contribution >= 4 is 17.5 Å². The van der Waals surface area contributed by atoms with Crippen LogP contribution in [0.1, 0.15) is 15.9 Å². The lowest BCUT2D eigenvalue weighted by Crippen LogP contribution is -2.32. The Kier molecular flexibility index (Phi) is 1.96. The van der Waals surface area contributed by atoms with Crippen molar-refractivity contribution in [3.05, 3.63) is 34.1 Å². The summed E-state index contributed by atoms with van der Waals surface area (Å²) in [5, 5.41) is 2.93. The smallest absolute Gasteiger partial charge is 0.253 e. The molecule has 0 spiro atoms. The molecule has 2 nitrogen and oxygen atoms in total. The minimum absolute atomic E-state index is 0.285. The van der Waals surface area contributed by atoms with Crippen molar-refractivity contribution in [2.24, 2.45) is 0 Å². The number of carbonyl (C=O) groups is 1. The highest BCUT2D eigenvalue weighted by Crippen LogP contribution is 2.25. The molecule has 13 heavy (non-hydrogen) atoms. The number of carbonyl (C=O) groups excluding carboxylic acids is 1. The predicted molar refractivity (Wildman–Crippen MR) is 47.4 cm³/mol. The largest absolute Gasteiger partial charge is 0.352 e. The lowest BCUT2D eigenvalue weighted by Gasteiger charge is -2.17. The summed E-state index contributed by atoms with van der Waals surface area (Å²) < 4.78 is 13.2. The predicted octanol–water partition coefficient (Wildman–Crippen LogP) is 1.76. The number of hydrogen-bond acceptors (Lipinski definition) is 1. The van der Waals surface area contributed by atoms with Crippen molar-refractivity contribution in [1.29, 1.82) is 0 Å². The molecule has 0 aliphatic carbocycles. The van der Waals surface area contributed by atoms with Gasteiger partial charge in [0.2, 0.25) is 0 Å². The summed E-state index contributed by atoms with van der Waals surface area (Å²) in [6, 6.07) is 2.69. The first kappa shape index (κ1) is 8.51. The Morgan fingerprint density at radius 2 is 2.23 bits per heavy atom. The fourth-order valence-corrected chi connectivity index (χ4v) is 1.74. The molecule has 0 bridgehead atoms. The molecule has 4 heteroatoms. The SMILES string of the molecule is O=C1NCCc2c(F)ccc(Cl)c21. The van der Waals surface area contributed by atoms with Crippen LogP contribution in [-0.2, 0) is 6.42 Å². The molecule has 1 aliphatic heterocycles.